The molecule has 0 radical (unpaired) electrons. The zero-order valence-electron chi connectivity index (χ0n) is 26.4. The summed E-state index contributed by atoms with van der Waals surface area (Å²) in [6, 6.07) is 18.9. The number of likely N-dealkylation sites (N-methyl/N-ethyl adjacent to an activating group) is 1. The number of benzene rings is 3. The molecule has 3 aromatic carbocycles. The largest absolute Gasteiger partial charge is 0.449 e. The summed E-state index contributed by atoms with van der Waals surface area (Å²) in [7, 11) is 1.80. The van der Waals surface area contributed by atoms with E-state index in [0.717, 1.165) is 58.3 Å². The third kappa shape index (κ3) is 5.40. The number of nitrogens with one attached hydrogen (secondary N) is 3. The number of fused-ring (bicyclic) bond motifs is 12. The summed E-state index contributed by atoms with van der Waals surface area (Å²) in [4.78, 5) is 46.7. The highest BCUT2D eigenvalue weighted by Crippen LogP contribution is 2.47. The molecule has 2 fully saturated rings. The fourth-order valence-corrected chi connectivity index (χ4v) is 7.46. The number of hydrogen-bond donors (Lipinski definition) is 3. The van der Waals surface area contributed by atoms with Crippen LogP contribution >= 0.6 is 0 Å². The number of ether oxygens (including phenoxy) is 1. The van der Waals surface area contributed by atoms with E-state index in [9.17, 15) is 14.4 Å². The van der Waals surface area contributed by atoms with Gasteiger partial charge in [-0.2, -0.15) is 0 Å². The van der Waals surface area contributed by atoms with Crippen LogP contribution in [0.5, 0.6) is 0 Å². The SMILES string of the molecule is C=C1[C@@H]2CC[C@@H](C2)N1c1ccc2cc1CN(C)C(=O)[C@H](Nc1ccc3cc[nH]c(=O)c3c1)c1ccc(c(C)c1)[C@@H](C)COC(=O)N2. The van der Waals surface area contributed by atoms with Crippen LogP contribution in [0.15, 0.2) is 83.9 Å². The maximum absolute atomic E-state index is 14.5. The Morgan fingerprint density at radius 3 is 2.63 bits per heavy atom. The van der Waals surface area contributed by atoms with Gasteiger partial charge in [0.2, 0.25) is 5.91 Å². The number of rotatable bonds is 3. The minimum Gasteiger partial charge on any atom is -0.449 e. The lowest BCUT2D eigenvalue weighted by atomic mass is 9.93. The van der Waals surface area contributed by atoms with Crippen LogP contribution < -0.4 is 21.1 Å². The molecule has 6 bridgehead atoms. The van der Waals surface area contributed by atoms with Gasteiger partial charge in [0.1, 0.15) is 6.04 Å². The zero-order chi connectivity index (χ0) is 32.1. The second-order valence-corrected chi connectivity index (χ2v) is 13.0. The number of H-pyrrole nitrogens is 1. The van der Waals surface area contributed by atoms with Gasteiger partial charge in [0.05, 0.1) is 6.61 Å². The smallest absolute Gasteiger partial charge is 0.411 e. The topological polar surface area (TPSA) is 107 Å². The van der Waals surface area contributed by atoms with Crippen molar-refractivity contribution in [3.63, 3.8) is 0 Å². The molecule has 236 valence electrons. The molecule has 3 N–H and O–H groups in total. The maximum atomic E-state index is 14.5. The van der Waals surface area contributed by atoms with Gasteiger partial charge in [-0.05, 0) is 90.2 Å². The first kappa shape index (κ1) is 29.6. The predicted octanol–water partition coefficient (Wildman–Crippen LogP) is 6.82. The van der Waals surface area contributed by atoms with Crippen molar-refractivity contribution in [3.05, 3.63) is 112 Å². The minimum atomic E-state index is -0.721. The molecule has 46 heavy (non-hydrogen) atoms. The first-order chi connectivity index (χ1) is 22.2. The Hall–Kier alpha value is -5.05. The van der Waals surface area contributed by atoms with Crippen molar-refractivity contribution in [3.8, 4) is 0 Å². The molecule has 4 aliphatic rings. The molecule has 4 aromatic rings. The molecule has 0 spiro atoms. The van der Waals surface area contributed by atoms with E-state index in [1.54, 1.807) is 24.2 Å². The lowest BCUT2D eigenvalue weighted by molar-refractivity contribution is -0.131. The molecule has 0 unspecified atom stereocenters. The summed E-state index contributed by atoms with van der Waals surface area (Å²) >= 11 is 0. The zero-order valence-corrected chi connectivity index (χ0v) is 26.4. The molecule has 4 atom stereocenters. The second-order valence-electron chi connectivity index (χ2n) is 13.0. The number of carbonyl (C=O) groups excluding carboxylic acids is 2. The van der Waals surface area contributed by atoms with Crippen molar-refractivity contribution in [2.45, 2.75) is 57.7 Å². The van der Waals surface area contributed by atoms with Crippen molar-refractivity contribution < 1.29 is 14.3 Å². The Kier molecular flexibility index (Phi) is 7.55. The Bertz CT molecular complexity index is 1930. The summed E-state index contributed by atoms with van der Waals surface area (Å²) in [5, 5.41) is 7.72. The lowest BCUT2D eigenvalue weighted by Crippen LogP contribution is -2.36. The van der Waals surface area contributed by atoms with Crippen molar-refractivity contribution in [2.75, 3.05) is 29.2 Å². The van der Waals surface area contributed by atoms with Crippen molar-refractivity contribution in [1.82, 2.24) is 9.88 Å². The molecular weight excluding hydrogens is 578 g/mol. The average molecular weight is 618 g/mol. The Labute approximate surface area is 268 Å². The number of anilines is 3. The number of aryl methyl sites for hydroxylation is 1. The molecule has 4 heterocycles. The van der Waals surface area contributed by atoms with Gasteiger partial charge >= 0.3 is 6.09 Å². The molecule has 2 amide bonds. The molecule has 9 nitrogen and oxygen atoms in total. The molecule has 9 heteroatoms. The van der Waals surface area contributed by atoms with E-state index in [1.807, 2.05) is 68.4 Å². The van der Waals surface area contributed by atoms with Gasteiger partial charge in [0.15, 0.2) is 0 Å². The van der Waals surface area contributed by atoms with Crippen LogP contribution in [0.25, 0.3) is 10.8 Å². The van der Waals surface area contributed by atoms with E-state index in [2.05, 4.69) is 27.1 Å². The number of hydrogen-bond acceptors (Lipinski definition) is 6. The van der Waals surface area contributed by atoms with Crippen molar-refractivity contribution >= 4 is 39.8 Å². The van der Waals surface area contributed by atoms with E-state index < -0.39 is 12.1 Å². The molecule has 1 aliphatic carbocycles. The van der Waals surface area contributed by atoms with Gasteiger partial charge in [-0.15, -0.1) is 0 Å². The first-order valence-corrected chi connectivity index (χ1v) is 15.9. The summed E-state index contributed by atoms with van der Waals surface area (Å²) in [5.41, 5.74) is 6.95. The fraction of sp³-hybridized carbons (Fsp3) is 0.324. The van der Waals surface area contributed by atoms with Crippen LogP contribution in [0, 0.1) is 12.8 Å². The van der Waals surface area contributed by atoms with Gasteiger partial charge < -0.3 is 24.8 Å². The number of amides is 2. The lowest BCUT2D eigenvalue weighted by Gasteiger charge is -2.34. The number of carbonyl (C=O) groups is 2. The normalized spacial score (nSPS) is 23.2. The van der Waals surface area contributed by atoms with Crippen molar-refractivity contribution in [2.24, 2.45) is 5.92 Å². The molecule has 3 aliphatic heterocycles. The monoisotopic (exact) mass is 617 g/mol. The van der Waals surface area contributed by atoms with E-state index in [1.165, 1.54) is 0 Å². The van der Waals surface area contributed by atoms with E-state index in [0.29, 0.717) is 35.3 Å². The van der Waals surface area contributed by atoms with Crippen LogP contribution in [0.1, 0.15) is 60.4 Å². The van der Waals surface area contributed by atoms with Crippen LogP contribution in [0.3, 0.4) is 0 Å². The average Bonchev–Trinajstić information content (AvgIpc) is 3.64. The number of aromatic nitrogens is 1. The highest BCUT2D eigenvalue weighted by Gasteiger charge is 2.42. The molecule has 1 saturated heterocycles. The Balaban J connectivity index is 1.30. The van der Waals surface area contributed by atoms with E-state index in [4.69, 9.17) is 4.74 Å². The summed E-state index contributed by atoms with van der Waals surface area (Å²) in [6.45, 7) is 8.97. The standard InChI is InChI=1S/C37H39N5O4/c1-21-15-26-7-11-31(21)22(2)20-46-37(45)40-28-9-12-33(42-23(3)25-6-10-30(42)17-25)27(16-28)19-41(4)36(44)34(26)39-29-8-5-24-13-14-38-35(43)32(24)18-29/h5,7-9,11-16,18,22,25,30,34,39H,3,6,10,17,19-20H2,1-2,4H3,(H,38,43)(H,40,45)/t22-,25+,30-,34+/m0/s1. The van der Waals surface area contributed by atoms with Crippen LogP contribution in [-0.4, -0.2) is 41.6 Å². The number of aromatic amines is 1. The van der Waals surface area contributed by atoms with Crippen molar-refractivity contribution in [1.29, 1.82) is 0 Å². The number of pyridine rings is 1. The minimum absolute atomic E-state index is 0.0563. The summed E-state index contributed by atoms with van der Waals surface area (Å²) in [6.07, 6.45) is 4.47. The second kappa shape index (κ2) is 11.7. The molecule has 8 rings (SSSR count). The van der Waals surface area contributed by atoms with Crippen LogP contribution in [0.4, 0.5) is 21.9 Å². The predicted molar refractivity (Wildman–Crippen MR) is 181 cm³/mol. The summed E-state index contributed by atoms with van der Waals surface area (Å²) in [5.74, 6) is 0.297. The number of piperidine rings is 1. The Morgan fingerprint density at radius 1 is 1.00 bits per heavy atom. The quantitative estimate of drug-likeness (QED) is 0.233. The third-order valence-electron chi connectivity index (χ3n) is 9.88. The number of allylic oxidation sites excluding steroid dienone is 1. The summed E-state index contributed by atoms with van der Waals surface area (Å²) < 4.78 is 5.65. The van der Waals surface area contributed by atoms with Gasteiger partial charge in [0.25, 0.3) is 5.56 Å². The van der Waals surface area contributed by atoms with E-state index >= 15 is 0 Å². The van der Waals surface area contributed by atoms with Crippen LogP contribution in [-0.2, 0) is 16.1 Å². The first-order valence-electron chi connectivity index (χ1n) is 15.9. The van der Waals surface area contributed by atoms with Crippen LogP contribution in [0.2, 0.25) is 0 Å². The highest BCUT2D eigenvalue weighted by atomic mass is 16.5. The number of nitrogens with zero attached hydrogens (tertiary/aromatic N) is 2. The molecule has 1 saturated carbocycles. The fourth-order valence-electron chi connectivity index (χ4n) is 7.46. The van der Waals surface area contributed by atoms with Gasteiger partial charge in [-0.1, -0.05) is 37.8 Å². The van der Waals surface area contributed by atoms with Gasteiger partial charge in [-0.25, -0.2) is 4.79 Å². The van der Waals surface area contributed by atoms with Gasteiger partial charge in [0, 0.05) is 65.8 Å². The van der Waals surface area contributed by atoms with Gasteiger partial charge in [-0.3, -0.25) is 14.9 Å². The molecular formula is C37H39N5O4. The maximum Gasteiger partial charge on any atom is 0.411 e. The van der Waals surface area contributed by atoms with E-state index in [-0.39, 0.29) is 24.0 Å². The Morgan fingerprint density at radius 2 is 1.85 bits per heavy atom. The third-order valence-corrected chi connectivity index (χ3v) is 9.88. The molecule has 1 aromatic heterocycles. The highest BCUT2D eigenvalue weighted by molar-refractivity contribution is 5.89.